The zero-order valence-corrected chi connectivity index (χ0v) is 14.1. The molecule has 0 bridgehead atoms. The lowest BCUT2D eigenvalue weighted by atomic mass is 10.3. The summed E-state index contributed by atoms with van der Waals surface area (Å²) < 4.78 is 1.08. The number of nitrogens with zero attached hydrogens (tertiary/aromatic N) is 2. The highest BCUT2D eigenvalue weighted by atomic mass is 79.9. The number of anilines is 1. The third-order valence-corrected chi connectivity index (χ3v) is 4.00. The van der Waals surface area contributed by atoms with Crippen LogP contribution >= 0.6 is 27.7 Å². The summed E-state index contributed by atoms with van der Waals surface area (Å²) in [5.41, 5.74) is 0. The Balaban J connectivity index is 2.25. The quantitative estimate of drug-likeness (QED) is 0.760. The standard InChI is InChI=1S/C15H18BrN3S/c1-3-6-13-18-14(17-4-2)10-15(19-13)20-12-8-5-7-11(16)9-12/h5,7-10H,3-4,6H2,1-2H3,(H,17,18,19). The topological polar surface area (TPSA) is 37.8 Å². The molecule has 2 rings (SSSR count). The zero-order chi connectivity index (χ0) is 14.4. The first-order valence-electron chi connectivity index (χ1n) is 6.76. The second-order valence-corrected chi connectivity index (χ2v) is 6.36. The Hall–Kier alpha value is -1.07. The first-order valence-corrected chi connectivity index (χ1v) is 8.37. The van der Waals surface area contributed by atoms with Gasteiger partial charge < -0.3 is 5.32 Å². The summed E-state index contributed by atoms with van der Waals surface area (Å²) >= 11 is 5.16. The van der Waals surface area contributed by atoms with Crippen molar-refractivity contribution in [3.8, 4) is 0 Å². The highest BCUT2D eigenvalue weighted by Gasteiger charge is 2.06. The van der Waals surface area contributed by atoms with Gasteiger partial charge in [-0.3, -0.25) is 0 Å². The van der Waals surface area contributed by atoms with Crippen molar-refractivity contribution in [3.05, 3.63) is 40.6 Å². The molecule has 3 nitrogen and oxygen atoms in total. The molecular formula is C15H18BrN3S. The average Bonchev–Trinajstić information content (AvgIpc) is 2.39. The van der Waals surface area contributed by atoms with Gasteiger partial charge in [-0.2, -0.15) is 0 Å². The maximum atomic E-state index is 4.63. The summed E-state index contributed by atoms with van der Waals surface area (Å²) in [4.78, 5) is 10.3. The third kappa shape index (κ3) is 4.49. The summed E-state index contributed by atoms with van der Waals surface area (Å²) in [5, 5.41) is 4.25. The van der Waals surface area contributed by atoms with E-state index in [9.17, 15) is 0 Å². The molecule has 2 aromatic rings. The van der Waals surface area contributed by atoms with Crippen LogP contribution in [-0.2, 0) is 6.42 Å². The molecule has 0 radical (unpaired) electrons. The molecule has 0 saturated heterocycles. The number of nitrogens with one attached hydrogen (secondary N) is 1. The number of aryl methyl sites for hydroxylation is 1. The van der Waals surface area contributed by atoms with Crippen LogP contribution in [0.4, 0.5) is 5.82 Å². The molecule has 0 aliphatic rings. The lowest BCUT2D eigenvalue weighted by molar-refractivity contribution is 0.810. The van der Waals surface area contributed by atoms with Crippen molar-refractivity contribution in [2.24, 2.45) is 0 Å². The van der Waals surface area contributed by atoms with Crippen LogP contribution in [0.1, 0.15) is 26.1 Å². The van der Waals surface area contributed by atoms with Gasteiger partial charge in [0.1, 0.15) is 16.7 Å². The smallest absolute Gasteiger partial charge is 0.132 e. The van der Waals surface area contributed by atoms with Crippen molar-refractivity contribution in [2.45, 2.75) is 36.6 Å². The Kier molecular flexibility index (Phi) is 5.86. The average molecular weight is 352 g/mol. The van der Waals surface area contributed by atoms with Crippen molar-refractivity contribution in [1.82, 2.24) is 9.97 Å². The van der Waals surface area contributed by atoms with Crippen LogP contribution in [0.25, 0.3) is 0 Å². The minimum absolute atomic E-state index is 0.865. The lowest BCUT2D eigenvalue weighted by Gasteiger charge is -2.08. The van der Waals surface area contributed by atoms with E-state index < -0.39 is 0 Å². The minimum atomic E-state index is 0.865. The fourth-order valence-electron chi connectivity index (χ4n) is 1.78. The number of aromatic nitrogens is 2. The van der Waals surface area contributed by atoms with Gasteiger partial charge in [0.15, 0.2) is 0 Å². The SMILES string of the molecule is CCCc1nc(NCC)cc(Sc2cccc(Br)c2)n1. The van der Waals surface area contributed by atoms with E-state index in [1.165, 1.54) is 4.90 Å². The summed E-state index contributed by atoms with van der Waals surface area (Å²) in [7, 11) is 0. The fourth-order valence-corrected chi connectivity index (χ4v) is 3.23. The number of hydrogen-bond acceptors (Lipinski definition) is 4. The Morgan fingerprint density at radius 2 is 2.05 bits per heavy atom. The Labute approximate surface area is 132 Å². The summed E-state index contributed by atoms with van der Waals surface area (Å²) in [6.07, 6.45) is 1.96. The number of rotatable bonds is 6. The van der Waals surface area contributed by atoms with Crippen LogP contribution in [0.2, 0.25) is 0 Å². The molecule has 0 amide bonds. The molecule has 0 unspecified atom stereocenters. The van der Waals surface area contributed by atoms with E-state index >= 15 is 0 Å². The van der Waals surface area contributed by atoms with Gasteiger partial charge in [-0.25, -0.2) is 9.97 Å². The molecular weight excluding hydrogens is 334 g/mol. The van der Waals surface area contributed by atoms with Gasteiger partial charge in [0.2, 0.25) is 0 Å². The third-order valence-electron chi connectivity index (χ3n) is 2.60. The van der Waals surface area contributed by atoms with Crippen molar-refractivity contribution >= 4 is 33.5 Å². The van der Waals surface area contributed by atoms with Crippen LogP contribution in [-0.4, -0.2) is 16.5 Å². The molecule has 1 heterocycles. The molecule has 0 atom stereocenters. The first-order chi connectivity index (χ1) is 9.71. The minimum Gasteiger partial charge on any atom is -0.370 e. The van der Waals surface area contributed by atoms with Crippen molar-refractivity contribution in [2.75, 3.05) is 11.9 Å². The molecule has 0 aliphatic heterocycles. The molecule has 1 aromatic heterocycles. The van der Waals surface area contributed by atoms with Gasteiger partial charge in [0.05, 0.1) is 0 Å². The van der Waals surface area contributed by atoms with Crippen molar-refractivity contribution < 1.29 is 0 Å². The number of benzene rings is 1. The summed E-state index contributed by atoms with van der Waals surface area (Å²) in [5.74, 6) is 1.81. The molecule has 1 N–H and O–H groups in total. The summed E-state index contributed by atoms with van der Waals surface area (Å²) in [6.45, 7) is 5.08. The van der Waals surface area contributed by atoms with Gasteiger partial charge in [0, 0.05) is 28.4 Å². The maximum absolute atomic E-state index is 4.63. The molecule has 0 fully saturated rings. The maximum Gasteiger partial charge on any atom is 0.132 e. The predicted molar refractivity (Wildman–Crippen MR) is 88.5 cm³/mol. The van der Waals surface area contributed by atoms with Crippen LogP contribution in [0.3, 0.4) is 0 Å². The van der Waals surface area contributed by atoms with Gasteiger partial charge >= 0.3 is 0 Å². The van der Waals surface area contributed by atoms with E-state index in [4.69, 9.17) is 0 Å². The van der Waals surface area contributed by atoms with E-state index in [-0.39, 0.29) is 0 Å². The number of hydrogen-bond donors (Lipinski definition) is 1. The first kappa shape index (κ1) is 15.3. The lowest BCUT2D eigenvalue weighted by Crippen LogP contribution is -2.04. The monoisotopic (exact) mass is 351 g/mol. The molecule has 1 aromatic carbocycles. The normalized spacial score (nSPS) is 10.6. The molecule has 0 aliphatic carbocycles. The van der Waals surface area contributed by atoms with Crippen LogP contribution in [0.5, 0.6) is 0 Å². The van der Waals surface area contributed by atoms with E-state index in [0.29, 0.717) is 0 Å². The fraction of sp³-hybridized carbons (Fsp3) is 0.333. The van der Waals surface area contributed by atoms with Crippen LogP contribution in [0, 0.1) is 0 Å². The Morgan fingerprint density at radius 1 is 1.20 bits per heavy atom. The Bertz CT molecular complexity index is 551. The van der Waals surface area contributed by atoms with E-state index in [1.807, 2.05) is 18.2 Å². The molecule has 20 heavy (non-hydrogen) atoms. The number of halogens is 1. The van der Waals surface area contributed by atoms with Crippen molar-refractivity contribution in [1.29, 1.82) is 0 Å². The molecule has 106 valence electrons. The second-order valence-electron chi connectivity index (χ2n) is 4.35. The van der Waals surface area contributed by atoms with E-state index in [1.54, 1.807) is 11.8 Å². The van der Waals surface area contributed by atoms with Crippen LogP contribution in [0.15, 0.2) is 44.7 Å². The second kappa shape index (κ2) is 7.64. The highest BCUT2D eigenvalue weighted by molar-refractivity contribution is 9.10. The highest BCUT2D eigenvalue weighted by Crippen LogP contribution is 2.29. The van der Waals surface area contributed by atoms with Gasteiger partial charge in [-0.05, 0) is 31.5 Å². The predicted octanol–water partition coefficient (Wildman–Crippen LogP) is 4.77. The molecule has 0 spiro atoms. The largest absolute Gasteiger partial charge is 0.370 e. The van der Waals surface area contributed by atoms with E-state index in [2.05, 4.69) is 57.2 Å². The van der Waals surface area contributed by atoms with Gasteiger partial charge in [-0.15, -0.1) is 0 Å². The van der Waals surface area contributed by atoms with Gasteiger partial charge in [0.25, 0.3) is 0 Å². The molecule has 5 heteroatoms. The Morgan fingerprint density at radius 3 is 2.75 bits per heavy atom. The van der Waals surface area contributed by atoms with Gasteiger partial charge in [-0.1, -0.05) is 40.7 Å². The zero-order valence-electron chi connectivity index (χ0n) is 11.7. The molecule has 0 saturated carbocycles. The van der Waals surface area contributed by atoms with Crippen molar-refractivity contribution in [3.63, 3.8) is 0 Å². The van der Waals surface area contributed by atoms with Crippen LogP contribution < -0.4 is 5.32 Å². The summed E-state index contributed by atoms with van der Waals surface area (Å²) in [6, 6.07) is 10.2. The van der Waals surface area contributed by atoms with E-state index in [0.717, 1.165) is 40.5 Å².